The number of aromatic carboxylic acids is 1. The third kappa shape index (κ3) is 4.15. The van der Waals surface area contributed by atoms with Gasteiger partial charge in [-0.05, 0) is 49.6 Å². The van der Waals surface area contributed by atoms with Crippen LogP contribution in [0.2, 0.25) is 0 Å². The van der Waals surface area contributed by atoms with E-state index < -0.39 is 5.97 Å². The van der Waals surface area contributed by atoms with E-state index in [1.165, 1.54) is 23.3 Å². The second-order valence-corrected chi connectivity index (χ2v) is 7.08. The minimum absolute atomic E-state index is 0.293. The van der Waals surface area contributed by atoms with Crippen molar-refractivity contribution >= 4 is 5.97 Å². The second kappa shape index (κ2) is 8.40. The largest absolute Gasteiger partial charge is 0.478 e. The second-order valence-electron chi connectivity index (χ2n) is 7.08. The Morgan fingerprint density at radius 2 is 1.79 bits per heavy atom. The molecule has 3 aromatic rings. The summed E-state index contributed by atoms with van der Waals surface area (Å²) in [5.41, 5.74) is 5.86. The van der Waals surface area contributed by atoms with Crippen LogP contribution in [0.1, 0.15) is 44.0 Å². The predicted molar refractivity (Wildman–Crippen MR) is 108 cm³/mol. The number of aromatic nitrogens is 1. The first-order valence-electron chi connectivity index (χ1n) is 9.30. The molecule has 1 heterocycles. The molecule has 3 rings (SSSR count). The van der Waals surface area contributed by atoms with Gasteiger partial charge in [0, 0.05) is 36.6 Å². The van der Waals surface area contributed by atoms with Crippen LogP contribution in [0.3, 0.4) is 0 Å². The molecule has 2 N–H and O–H groups in total. The summed E-state index contributed by atoms with van der Waals surface area (Å²) >= 11 is 0. The van der Waals surface area contributed by atoms with Crippen LogP contribution >= 0.6 is 0 Å². The van der Waals surface area contributed by atoms with Crippen LogP contribution in [0.25, 0.3) is 0 Å². The van der Waals surface area contributed by atoms with E-state index in [4.69, 9.17) is 0 Å². The van der Waals surface area contributed by atoms with Gasteiger partial charge in [-0.3, -0.25) is 0 Å². The third-order valence-corrected chi connectivity index (χ3v) is 5.23. The molecule has 0 aliphatic heterocycles. The molecule has 0 saturated carbocycles. The van der Waals surface area contributed by atoms with Gasteiger partial charge in [0.15, 0.2) is 0 Å². The van der Waals surface area contributed by atoms with E-state index in [1.54, 1.807) is 13.0 Å². The number of benzene rings is 2. The molecule has 5 heteroatoms. The van der Waals surface area contributed by atoms with Crippen LogP contribution in [0.5, 0.6) is 0 Å². The van der Waals surface area contributed by atoms with Crippen LogP contribution in [-0.4, -0.2) is 15.6 Å². The third-order valence-electron chi connectivity index (χ3n) is 5.23. The van der Waals surface area contributed by atoms with E-state index in [-0.39, 0.29) is 5.82 Å². The van der Waals surface area contributed by atoms with E-state index >= 15 is 0 Å². The molecule has 2 aromatic carbocycles. The van der Waals surface area contributed by atoms with Gasteiger partial charge >= 0.3 is 5.97 Å². The summed E-state index contributed by atoms with van der Waals surface area (Å²) < 4.78 is 15.5. The SMILES string of the molecule is Cc1ccccc1CNCc1c(C(=O)O)c(C)n(Cc2cccc(F)c2)c1C. The predicted octanol–water partition coefficient (Wildman–Crippen LogP) is 4.59. The van der Waals surface area contributed by atoms with Crippen LogP contribution in [0, 0.1) is 26.6 Å². The van der Waals surface area contributed by atoms with Gasteiger partial charge < -0.3 is 15.0 Å². The number of carboxylic acid groups (broad SMARTS) is 1. The highest BCUT2D eigenvalue weighted by Gasteiger charge is 2.22. The van der Waals surface area contributed by atoms with Crippen molar-refractivity contribution in [1.82, 2.24) is 9.88 Å². The standard InChI is InChI=1S/C23H25FN2O2/c1-15-7-4-5-9-19(15)12-25-13-21-16(2)26(17(3)22(21)23(27)28)14-18-8-6-10-20(24)11-18/h4-11,25H,12-14H2,1-3H3,(H,27,28). The maximum atomic E-state index is 13.5. The number of nitrogens with zero attached hydrogens (tertiary/aromatic N) is 1. The van der Waals surface area contributed by atoms with Gasteiger partial charge in [0.25, 0.3) is 0 Å². The molecular weight excluding hydrogens is 355 g/mol. The van der Waals surface area contributed by atoms with Gasteiger partial charge in [-0.25, -0.2) is 9.18 Å². The Labute approximate surface area is 164 Å². The molecule has 0 amide bonds. The lowest BCUT2D eigenvalue weighted by Crippen LogP contribution is -2.16. The molecule has 28 heavy (non-hydrogen) atoms. The molecule has 0 spiro atoms. The molecule has 0 saturated heterocycles. The Morgan fingerprint density at radius 1 is 1.04 bits per heavy atom. The molecular formula is C23H25FN2O2. The van der Waals surface area contributed by atoms with Crippen molar-refractivity contribution in [3.8, 4) is 0 Å². The molecule has 0 bridgehead atoms. The van der Waals surface area contributed by atoms with Gasteiger partial charge in [-0.2, -0.15) is 0 Å². The zero-order chi connectivity index (χ0) is 20.3. The average Bonchev–Trinajstić information content (AvgIpc) is 2.88. The minimum Gasteiger partial charge on any atom is -0.478 e. The summed E-state index contributed by atoms with van der Waals surface area (Å²) in [6.07, 6.45) is 0. The molecule has 0 atom stereocenters. The number of nitrogens with one attached hydrogen (secondary N) is 1. The zero-order valence-corrected chi connectivity index (χ0v) is 16.4. The molecule has 4 nitrogen and oxygen atoms in total. The first-order chi connectivity index (χ1) is 13.4. The number of aryl methyl sites for hydroxylation is 1. The lowest BCUT2D eigenvalue weighted by molar-refractivity contribution is 0.0694. The van der Waals surface area contributed by atoms with Crippen molar-refractivity contribution in [2.24, 2.45) is 0 Å². The number of halogens is 1. The Bertz CT molecular complexity index is 1010. The average molecular weight is 380 g/mol. The highest BCUT2D eigenvalue weighted by Crippen LogP contribution is 2.24. The van der Waals surface area contributed by atoms with Crippen molar-refractivity contribution < 1.29 is 14.3 Å². The summed E-state index contributed by atoms with van der Waals surface area (Å²) in [5, 5.41) is 13.1. The van der Waals surface area contributed by atoms with E-state index in [2.05, 4.69) is 24.4 Å². The first-order valence-corrected chi connectivity index (χ1v) is 9.30. The van der Waals surface area contributed by atoms with Crippen molar-refractivity contribution in [1.29, 1.82) is 0 Å². The van der Waals surface area contributed by atoms with Crippen molar-refractivity contribution in [3.05, 3.63) is 93.6 Å². The van der Waals surface area contributed by atoms with Crippen molar-refractivity contribution in [2.45, 2.75) is 40.4 Å². The van der Waals surface area contributed by atoms with E-state index in [0.717, 1.165) is 16.8 Å². The fourth-order valence-electron chi connectivity index (χ4n) is 3.63. The number of hydrogen-bond donors (Lipinski definition) is 2. The summed E-state index contributed by atoms with van der Waals surface area (Å²) in [5.74, 6) is -1.23. The van der Waals surface area contributed by atoms with Gasteiger partial charge in [-0.1, -0.05) is 36.4 Å². The Balaban J connectivity index is 1.86. The van der Waals surface area contributed by atoms with E-state index in [0.29, 0.717) is 30.9 Å². The molecule has 0 unspecified atom stereocenters. The lowest BCUT2D eigenvalue weighted by atomic mass is 10.1. The number of carbonyl (C=O) groups is 1. The Kier molecular flexibility index (Phi) is 5.95. The summed E-state index contributed by atoms with van der Waals surface area (Å²) in [6.45, 7) is 7.35. The smallest absolute Gasteiger partial charge is 0.337 e. The van der Waals surface area contributed by atoms with Crippen LogP contribution in [-0.2, 0) is 19.6 Å². The van der Waals surface area contributed by atoms with Crippen molar-refractivity contribution in [2.75, 3.05) is 0 Å². The van der Waals surface area contributed by atoms with Crippen molar-refractivity contribution in [3.63, 3.8) is 0 Å². The summed E-state index contributed by atoms with van der Waals surface area (Å²) in [6, 6.07) is 14.5. The summed E-state index contributed by atoms with van der Waals surface area (Å²) in [4.78, 5) is 11.9. The van der Waals surface area contributed by atoms with Gasteiger partial charge in [0.1, 0.15) is 5.82 Å². The quantitative estimate of drug-likeness (QED) is 0.630. The fourth-order valence-corrected chi connectivity index (χ4v) is 3.63. The van der Waals surface area contributed by atoms with Gasteiger partial charge in [0.05, 0.1) is 5.56 Å². The monoisotopic (exact) mass is 380 g/mol. The highest BCUT2D eigenvalue weighted by atomic mass is 19.1. The van der Waals surface area contributed by atoms with Gasteiger partial charge in [-0.15, -0.1) is 0 Å². The normalized spacial score (nSPS) is 11.0. The molecule has 0 aliphatic rings. The van der Waals surface area contributed by atoms with Gasteiger partial charge in [0.2, 0.25) is 0 Å². The lowest BCUT2D eigenvalue weighted by Gasteiger charge is -2.11. The molecule has 0 aliphatic carbocycles. The Morgan fingerprint density at radius 3 is 2.46 bits per heavy atom. The number of carboxylic acids is 1. The van der Waals surface area contributed by atoms with Crippen LogP contribution in [0.15, 0.2) is 48.5 Å². The molecule has 0 radical (unpaired) electrons. The first kappa shape index (κ1) is 19.8. The maximum Gasteiger partial charge on any atom is 0.337 e. The molecule has 0 fully saturated rings. The maximum absolute atomic E-state index is 13.5. The number of rotatable bonds is 7. The van der Waals surface area contributed by atoms with Crippen LogP contribution in [0.4, 0.5) is 4.39 Å². The topological polar surface area (TPSA) is 54.3 Å². The summed E-state index contributed by atoms with van der Waals surface area (Å²) in [7, 11) is 0. The minimum atomic E-state index is -0.939. The van der Waals surface area contributed by atoms with E-state index in [1.807, 2.05) is 29.7 Å². The molecule has 146 valence electrons. The highest BCUT2D eigenvalue weighted by molar-refractivity contribution is 5.91. The Hall–Kier alpha value is -2.92. The number of hydrogen-bond acceptors (Lipinski definition) is 2. The molecule has 1 aromatic heterocycles. The fraction of sp³-hybridized carbons (Fsp3) is 0.261. The van der Waals surface area contributed by atoms with Crippen LogP contribution < -0.4 is 5.32 Å². The van der Waals surface area contributed by atoms with E-state index in [9.17, 15) is 14.3 Å². The zero-order valence-electron chi connectivity index (χ0n) is 16.4.